The van der Waals surface area contributed by atoms with Gasteiger partial charge >= 0.3 is 0 Å². The van der Waals surface area contributed by atoms with Gasteiger partial charge in [-0.05, 0) is 53.7 Å². The lowest BCUT2D eigenvalue weighted by Crippen LogP contribution is -2.20. The van der Waals surface area contributed by atoms with Crippen LogP contribution in [0.3, 0.4) is 0 Å². The SMILES string of the molecule is CC(Cn1cnnn1)Oc1cccc(-c2ccc3ncc(-c4nc(F)ccc4C#N)n3n2)c1. The molecule has 33 heavy (non-hydrogen) atoms. The monoisotopic (exact) mass is 441 g/mol. The standard InChI is InChI=1S/C22H16FN9O/c1-14(12-31-13-26-29-30-31)33-17-4-2-3-15(9-17)18-6-8-21-25-11-19(32(21)28-18)22-16(10-24)5-7-20(23)27-22/h2-9,11,13-14H,12H2,1H3. The van der Waals surface area contributed by atoms with E-state index in [0.717, 1.165) is 11.6 Å². The molecule has 5 aromatic rings. The number of halogens is 1. The first-order valence-corrected chi connectivity index (χ1v) is 10.0. The maximum Gasteiger partial charge on any atom is 0.213 e. The van der Waals surface area contributed by atoms with Gasteiger partial charge in [-0.15, -0.1) is 5.10 Å². The van der Waals surface area contributed by atoms with Crippen LogP contribution in [0.5, 0.6) is 5.75 Å². The lowest BCUT2D eigenvalue weighted by molar-refractivity contribution is 0.193. The van der Waals surface area contributed by atoms with E-state index in [1.54, 1.807) is 15.3 Å². The van der Waals surface area contributed by atoms with E-state index < -0.39 is 5.95 Å². The molecule has 0 N–H and O–H groups in total. The van der Waals surface area contributed by atoms with E-state index in [0.29, 0.717) is 29.3 Å². The van der Waals surface area contributed by atoms with Gasteiger partial charge in [0, 0.05) is 5.56 Å². The minimum Gasteiger partial charge on any atom is -0.489 e. The molecule has 11 heteroatoms. The highest BCUT2D eigenvalue weighted by Crippen LogP contribution is 2.26. The second kappa shape index (κ2) is 8.43. The summed E-state index contributed by atoms with van der Waals surface area (Å²) >= 11 is 0. The molecule has 4 heterocycles. The van der Waals surface area contributed by atoms with Crippen LogP contribution in [0.25, 0.3) is 28.3 Å². The van der Waals surface area contributed by atoms with Gasteiger partial charge in [-0.3, -0.25) is 0 Å². The molecule has 5 rings (SSSR count). The van der Waals surface area contributed by atoms with Crippen LogP contribution < -0.4 is 4.74 Å². The summed E-state index contributed by atoms with van der Waals surface area (Å²) in [5.41, 5.74) is 2.85. The summed E-state index contributed by atoms with van der Waals surface area (Å²) in [4.78, 5) is 8.20. The molecule has 1 aromatic carbocycles. The fraction of sp³-hybridized carbons (Fsp3) is 0.136. The predicted molar refractivity (Wildman–Crippen MR) is 114 cm³/mol. The van der Waals surface area contributed by atoms with E-state index >= 15 is 0 Å². The average Bonchev–Trinajstić information content (AvgIpc) is 3.48. The number of nitrogens with zero attached hydrogens (tertiary/aromatic N) is 9. The van der Waals surface area contributed by atoms with E-state index in [-0.39, 0.29) is 17.4 Å². The number of pyridine rings is 1. The van der Waals surface area contributed by atoms with Crippen molar-refractivity contribution in [3.63, 3.8) is 0 Å². The number of hydrogen-bond acceptors (Lipinski definition) is 8. The Morgan fingerprint density at radius 1 is 1.18 bits per heavy atom. The third-order valence-corrected chi connectivity index (χ3v) is 4.89. The van der Waals surface area contributed by atoms with Crippen LogP contribution in [0.4, 0.5) is 4.39 Å². The zero-order valence-corrected chi connectivity index (χ0v) is 17.4. The van der Waals surface area contributed by atoms with Gasteiger partial charge in [-0.25, -0.2) is 19.2 Å². The molecule has 1 atom stereocenters. The maximum absolute atomic E-state index is 13.8. The van der Waals surface area contributed by atoms with E-state index in [1.807, 2.05) is 43.3 Å². The third-order valence-electron chi connectivity index (χ3n) is 4.89. The van der Waals surface area contributed by atoms with Crippen LogP contribution in [0, 0.1) is 17.3 Å². The summed E-state index contributed by atoms with van der Waals surface area (Å²) in [6.07, 6.45) is 2.89. The van der Waals surface area contributed by atoms with Crippen LogP contribution in [-0.4, -0.2) is 45.9 Å². The van der Waals surface area contributed by atoms with Crippen molar-refractivity contribution in [3.05, 3.63) is 72.6 Å². The second-order valence-electron chi connectivity index (χ2n) is 7.26. The Labute approximate surface area is 186 Å². The fourth-order valence-corrected chi connectivity index (χ4v) is 3.44. The highest BCUT2D eigenvalue weighted by Gasteiger charge is 2.15. The van der Waals surface area contributed by atoms with Crippen molar-refractivity contribution in [1.29, 1.82) is 5.26 Å². The number of tetrazole rings is 1. The molecule has 162 valence electrons. The first kappa shape index (κ1) is 20.2. The van der Waals surface area contributed by atoms with Crippen LogP contribution in [-0.2, 0) is 6.54 Å². The molecule has 0 bridgehead atoms. The van der Waals surface area contributed by atoms with Crippen molar-refractivity contribution in [2.75, 3.05) is 0 Å². The number of imidazole rings is 1. The van der Waals surface area contributed by atoms with Crippen LogP contribution >= 0.6 is 0 Å². The van der Waals surface area contributed by atoms with Crippen LogP contribution in [0.15, 0.2) is 61.1 Å². The lowest BCUT2D eigenvalue weighted by Gasteiger charge is -2.15. The average molecular weight is 441 g/mol. The van der Waals surface area contributed by atoms with Crippen molar-refractivity contribution in [1.82, 2.24) is 39.8 Å². The third kappa shape index (κ3) is 4.09. The number of rotatable bonds is 6. The molecule has 0 radical (unpaired) electrons. The van der Waals surface area contributed by atoms with E-state index in [2.05, 4.69) is 30.6 Å². The van der Waals surface area contributed by atoms with Gasteiger partial charge < -0.3 is 4.74 Å². The molecule has 1 unspecified atom stereocenters. The Bertz CT molecular complexity index is 1470. The first-order chi connectivity index (χ1) is 16.1. The summed E-state index contributed by atoms with van der Waals surface area (Å²) in [7, 11) is 0. The zero-order chi connectivity index (χ0) is 22.8. The van der Waals surface area contributed by atoms with Crippen LogP contribution in [0.1, 0.15) is 12.5 Å². The fourth-order valence-electron chi connectivity index (χ4n) is 3.44. The normalized spacial score (nSPS) is 11.9. The van der Waals surface area contributed by atoms with Gasteiger partial charge in [-0.2, -0.15) is 14.8 Å². The Hall–Kier alpha value is -4.72. The summed E-state index contributed by atoms with van der Waals surface area (Å²) in [5.74, 6) is -0.0184. The van der Waals surface area contributed by atoms with Crippen molar-refractivity contribution in [3.8, 4) is 34.5 Å². The summed E-state index contributed by atoms with van der Waals surface area (Å²) in [5, 5.41) is 25.2. The first-order valence-electron chi connectivity index (χ1n) is 10.0. The molecule has 0 saturated heterocycles. The second-order valence-corrected chi connectivity index (χ2v) is 7.26. The molecule has 0 saturated carbocycles. The Kier molecular flexibility index (Phi) is 5.16. The Balaban J connectivity index is 1.48. The molecule has 0 aliphatic rings. The minimum atomic E-state index is -0.684. The Morgan fingerprint density at radius 3 is 2.91 bits per heavy atom. The summed E-state index contributed by atoms with van der Waals surface area (Å²) in [6, 6.07) is 15.7. The van der Waals surface area contributed by atoms with Gasteiger partial charge in [0.05, 0.1) is 24.0 Å². The van der Waals surface area contributed by atoms with Crippen molar-refractivity contribution >= 4 is 5.65 Å². The molecular weight excluding hydrogens is 425 g/mol. The summed E-state index contributed by atoms with van der Waals surface area (Å²) < 4.78 is 22.9. The predicted octanol–water partition coefficient (Wildman–Crippen LogP) is 2.92. The number of nitriles is 1. The highest BCUT2D eigenvalue weighted by atomic mass is 19.1. The molecule has 0 spiro atoms. The zero-order valence-electron chi connectivity index (χ0n) is 17.4. The van der Waals surface area contributed by atoms with Gasteiger partial charge in [0.2, 0.25) is 5.95 Å². The largest absolute Gasteiger partial charge is 0.489 e. The smallest absolute Gasteiger partial charge is 0.213 e. The number of hydrogen-bond donors (Lipinski definition) is 0. The van der Waals surface area contributed by atoms with Crippen molar-refractivity contribution < 1.29 is 9.13 Å². The number of fused-ring (bicyclic) bond motifs is 1. The van der Waals surface area contributed by atoms with E-state index in [4.69, 9.17) is 4.74 Å². The van der Waals surface area contributed by atoms with E-state index in [1.165, 1.54) is 18.6 Å². The molecule has 10 nitrogen and oxygen atoms in total. The number of benzene rings is 1. The van der Waals surface area contributed by atoms with Gasteiger partial charge in [-0.1, -0.05) is 12.1 Å². The molecule has 0 aliphatic heterocycles. The lowest BCUT2D eigenvalue weighted by atomic mass is 10.1. The van der Waals surface area contributed by atoms with Crippen molar-refractivity contribution in [2.24, 2.45) is 0 Å². The molecule has 0 aliphatic carbocycles. The summed E-state index contributed by atoms with van der Waals surface area (Å²) in [6.45, 7) is 2.43. The quantitative estimate of drug-likeness (QED) is 0.369. The number of ether oxygens (including phenoxy) is 1. The number of aromatic nitrogens is 8. The molecule has 0 fully saturated rings. The van der Waals surface area contributed by atoms with Crippen LogP contribution in [0.2, 0.25) is 0 Å². The maximum atomic E-state index is 13.8. The van der Waals surface area contributed by atoms with Gasteiger partial charge in [0.1, 0.15) is 35.6 Å². The Morgan fingerprint density at radius 2 is 2.09 bits per heavy atom. The molecule has 4 aromatic heterocycles. The topological polar surface area (TPSA) is 120 Å². The van der Waals surface area contributed by atoms with Gasteiger partial charge in [0.15, 0.2) is 5.65 Å². The van der Waals surface area contributed by atoms with Gasteiger partial charge in [0.25, 0.3) is 0 Å². The minimum absolute atomic E-state index is 0.164. The molecular formula is C22H16FN9O. The van der Waals surface area contributed by atoms with E-state index in [9.17, 15) is 9.65 Å². The van der Waals surface area contributed by atoms with Crippen molar-refractivity contribution in [2.45, 2.75) is 19.6 Å². The molecule has 0 amide bonds. The highest BCUT2D eigenvalue weighted by molar-refractivity contribution is 5.68.